The highest BCUT2D eigenvalue weighted by Crippen LogP contribution is 2.28. The third kappa shape index (κ3) is 4.11. The average molecular weight is 391 g/mol. The van der Waals surface area contributed by atoms with Crippen LogP contribution in [-0.4, -0.2) is 20.9 Å². The number of anilines is 2. The lowest BCUT2D eigenvalue weighted by Gasteiger charge is -2.12. The monoisotopic (exact) mass is 390 g/mol. The Morgan fingerprint density at radius 1 is 1.19 bits per heavy atom. The van der Waals surface area contributed by atoms with Crippen molar-refractivity contribution < 1.29 is 9.53 Å². The van der Waals surface area contributed by atoms with Crippen molar-refractivity contribution in [3.8, 4) is 11.6 Å². The Morgan fingerprint density at radius 3 is 2.77 bits per heavy atom. The van der Waals surface area contributed by atoms with Gasteiger partial charge < -0.3 is 10.5 Å². The van der Waals surface area contributed by atoms with Gasteiger partial charge in [0.1, 0.15) is 17.8 Å². The Morgan fingerprint density at radius 2 is 2.04 bits per heavy atom. The van der Waals surface area contributed by atoms with Crippen molar-refractivity contribution in [1.29, 1.82) is 0 Å². The molecule has 0 fully saturated rings. The molecular formula is C16H12Cl2N6O2. The number of rotatable bonds is 5. The number of benzene rings is 1. The summed E-state index contributed by atoms with van der Waals surface area (Å²) >= 11 is 11.8. The first-order valence-corrected chi connectivity index (χ1v) is 8.00. The van der Waals surface area contributed by atoms with Crippen LogP contribution in [0.1, 0.15) is 10.4 Å². The van der Waals surface area contributed by atoms with Crippen LogP contribution in [0.4, 0.5) is 11.5 Å². The van der Waals surface area contributed by atoms with E-state index in [0.29, 0.717) is 10.8 Å². The van der Waals surface area contributed by atoms with Crippen molar-refractivity contribution in [2.45, 2.75) is 0 Å². The van der Waals surface area contributed by atoms with E-state index >= 15 is 0 Å². The fourth-order valence-corrected chi connectivity index (χ4v) is 2.43. The SMILES string of the molecule is Nc1c(NNC(=O)c2ccc(Cl)cc2Cl)ncnc1Oc1cccnc1. The number of pyridine rings is 1. The second-order valence-corrected chi connectivity index (χ2v) is 5.78. The van der Waals surface area contributed by atoms with Gasteiger partial charge in [-0.15, -0.1) is 0 Å². The number of nitrogens with one attached hydrogen (secondary N) is 2. The first-order valence-electron chi connectivity index (χ1n) is 7.24. The van der Waals surface area contributed by atoms with E-state index in [1.165, 1.54) is 24.7 Å². The minimum atomic E-state index is -0.487. The number of nitrogen functional groups attached to an aromatic ring is 1. The summed E-state index contributed by atoms with van der Waals surface area (Å²) in [6.45, 7) is 0. The molecule has 4 N–H and O–H groups in total. The van der Waals surface area contributed by atoms with E-state index in [1.54, 1.807) is 24.4 Å². The Labute approximate surface area is 158 Å². The molecule has 3 aromatic rings. The number of nitrogens with two attached hydrogens (primary N) is 1. The van der Waals surface area contributed by atoms with Crippen LogP contribution in [-0.2, 0) is 0 Å². The lowest BCUT2D eigenvalue weighted by molar-refractivity contribution is 0.0962. The third-order valence-corrected chi connectivity index (χ3v) is 3.71. The number of hydrogen-bond acceptors (Lipinski definition) is 7. The maximum atomic E-state index is 12.2. The molecule has 0 saturated heterocycles. The molecule has 26 heavy (non-hydrogen) atoms. The lowest BCUT2D eigenvalue weighted by Crippen LogP contribution is -2.30. The number of nitrogens with zero attached hydrogens (tertiary/aromatic N) is 3. The van der Waals surface area contributed by atoms with Crippen molar-refractivity contribution in [2.75, 3.05) is 11.2 Å². The summed E-state index contributed by atoms with van der Waals surface area (Å²) < 4.78 is 5.55. The summed E-state index contributed by atoms with van der Waals surface area (Å²) in [6.07, 6.45) is 4.37. The smallest absolute Gasteiger partial charge is 0.271 e. The number of halogens is 2. The van der Waals surface area contributed by atoms with Crippen molar-refractivity contribution in [3.05, 3.63) is 64.7 Å². The quantitative estimate of drug-likeness (QED) is 0.572. The van der Waals surface area contributed by atoms with Gasteiger partial charge in [-0.2, -0.15) is 4.98 Å². The van der Waals surface area contributed by atoms with E-state index in [1.807, 2.05) is 0 Å². The standard InChI is InChI=1S/C16H12Cl2N6O2/c17-9-3-4-11(12(18)6-9)15(25)24-23-14-13(19)16(22-8-21-14)26-10-2-1-5-20-7-10/h1-8H,19H2,(H,24,25)(H,21,22,23). The van der Waals surface area contributed by atoms with E-state index < -0.39 is 5.91 Å². The molecule has 0 aliphatic heterocycles. The summed E-state index contributed by atoms with van der Waals surface area (Å²) in [5.41, 5.74) is 11.4. The van der Waals surface area contributed by atoms with Gasteiger partial charge in [-0.25, -0.2) is 4.98 Å². The first kappa shape index (κ1) is 17.7. The van der Waals surface area contributed by atoms with E-state index in [-0.39, 0.29) is 28.0 Å². The number of carbonyl (C=O) groups excluding carboxylic acids is 1. The molecule has 0 bridgehead atoms. The molecule has 2 aromatic heterocycles. The molecular weight excluding hydrogens is 379 g/mol. The molecule has 0 aliphatic rings. The van der Waals surface area contributed by atoms with Crippen molar-refractivity contribution >= 4 is 40.6 Å². The first-order chi connectivity index (χ1) is 12.5. The predicted molar refractivity (Wildman–Crippen MR) is 98.3 cm³/mol. The lowest BCUT2D eigenvalue weighted by atomic mass is 10.2. The summed E-state index contributed by atoms with van der Waals surface area (Å²) in [7, 11) is 0. The molecule has 0 unspecified atom stereocenters. The number of aromatic nitrogens is 3. The molecule has 1 aromatic carbocycles. The number of ether oxygens (including phenoxy) is 1. The molecule has 8 nitrogen and oxygen atoms in total. The Balaban J connectivity index is 1.72. The molecule has 0 aliphatic carbocycles. The van der Waals surface area contributed by atoms with Crippen LogP contribution in [0.25, 0.3) is 0 Å². The van der Waals surface area contributed by atoms with Crippen LogP contribution in [0, 0.1) is 0 Å². The molecule has 3 rings (SSSR count). The van der Waals surface area contributed by atoms with Crippen LogP contribution in [0.3, 0.4) is 0 Å². The van der Waals surface area contributed by atoms with Crippen LogP contribution in [0.2, 0.25) is 10.0 Å². The molecule has 0 spiro atoms. The van der Waals surface area contributed by atoms with Gasteiger partial charge in [0.15, 0.2) is 5.82 Å². The number of carbonyl (C=O) groups is 1. The topological polar surface area (TPSA) is 115 Å². The Kier molecular flexibility index (Phi) is 5.35. The average Bonchev–Trinajstić information content (AvgIpc) is 2.63. The third-order valence-electron chi connectivity index (χ3n) is 3.17. The number of hydrazine groups is 1. The zero-order chi connectivity index (χ0) is 18.5. The Hall–Kier alpha value is -3.10. The zero-order valence-corrected chi connectivity index (χ0v) is 14.6. The maximum absolute atomic E-state index is 12.2. The van der Waals surface area contributed by atoms with Gasteiger partial charge in [0, 0.05) is 11.2 Å². The van der Waals surface area contributed by atoms with Gasteiger partial charge in [0.2, 0.25) is 5.88 Å². The summed E-state index contributed by atoms with van der Waals surface area (Å²) in [5, 5.41) is 0.643. The fraction of sp³-hybridized carbons (Fsp3) is 0. The van der Waals surface area contributed by atoms with Crippen molar-refractivity contribution in [3.63, 3.8) is 0 Å². The fourth-order valence-electron chi connectivity index (χ4n) is 1.94. The van der Waals surface area contributed by atoms with Crippen LogP contribution in [0.5, 0.6) is 11.6 Å². The van der Waals surface area contributed by atoms with E-state index in [4.69, 9.17) is 33.7 Å². The molecule has 2 heterocycles. The molecule has 10 heteroatoms. The zero-order valence-electron chi connectivity index (χ0n) is 13.1. The highest BCUT2D eigenvalue weighted by molar-refractivity contribution is 6.36. The van der Waals surface area contributed by atoms with Crippen molar-refractivity contribution in [1.82, 2.24) is 20.4 Å². The molecule has 1 amide bonds. The second-order valence-electron chi connectivity index (χ2n) is 4.94. The van der Waals surface area contributed by atoms with Crippen LogP contribution < -0.4 is 21.3 Å². The normalized spacial score (nSPS) is 10.2. The predicted octanol–water partition coefficient (Wildman–Crippen LogP) is 3.31. The largest absolute Gasteiger partial charge is 0.435 e. The number of hydrogen-bond donors (Lipinski definition) is 3. The molecule has 0 atom stereocenters. The highest BCUT2D eigenvalue weighted by Gasteiger charge is 2.14. The van der Waals surface area contributed by atoms with Crippen LogP contribution >= 0.6 is 23.2 Å². The van der Waals surface area contributed by atoms with Gasteiger partial charge in [-0.3, -0.25) is 20.6 Å². The summed E-state index contributed by atoms with van der Waals surface area (Å²) in [4.78, 5) is 24.1. The van der Waals surface area contributed by atoms with E-state index in [2.05, 4.69) is 25.8 Å². The van der Waals surface area contributed by atoms with Gasteiger partial charge in [-0.05, 0) is 30.3 Å². The van der Waals surface area contributed by atoms with Crippen molar-refractivity contribution in [2.24, 2.45) is 0 Å². The van der Waals surface area contributed by atoms with E-state index in [0.717, 1.165) is 0 Å². The molecule has 132 valence electrons. The van der Waals surface area contributed by atoms with Crippen LogP contribution in [0.15, 0.2) is 49.1 Å². The highest BCUT2D eigenvalue weighted by atomic mass is 35.5. The van der Waals surface area contributed by atoms with Gasteiger partial charge >= 0.3 is 0 Å². The second kappa shape index (κ2) is 7.85. The summed E-state index contributed by atoms with van der Waals surface area (Å²) in [6, 6.07) is 7.94. The van der Waals surface area contributed by atoms with Gasteiger partial charge in [-0.1, -0.05) is 23.2 Å². The number of amides is 1. The van der Waals surface area contributed by atoms with Gasteiger partial charge in [0.25, 0.3) is 5.91 Å². The van der Waals surface area contributed by atoms with Gasteiger partial charge in [0.05, 0.1) is 16.8 Å². The minimum Gasteiger partial charge on any atom is -0.435 e. The maximum Gasteiger partial charge on any atom is 0.271 e. The van der Waals surface area contributed by atoms with E-state index in [9.17, 15) is 4.79 Å². The minimum absolute atomic E-state index is 0.110. The Bertz CT molecular complexity index is 939. The molecule has 0 radical (unpaired) electrons. The molecule has 0 saturated carbocycles. The summed E-state index contributed by atoms with van der Waals surface area (Å²) in [5.74, 6) is 0.256.